The number of carbonyl (C=O) groups is 1. The van der Waals surface area contributed by atoms with Gasteiger partial charge >= 0.3 is 6.03 Å². The number of hydrogen-bond acceptors (Lipinski definition) is 1. The molecular formula is C11H13BrN2O. The summed E-state index contributed by atoms with van der Waals surface area (Å²) in [6.07, 6.45) is 1.63. The van der Waals surface area contributed by atoms with Crippen molar-refractivity contribution >= 4 is 27.6 Å². The van der Waals surface area contributed by atoms with Gasteiger partial charge in [0.25, 0.3) is 0 Å². The van der Waals surface area contributed by atoms with Crippen LogP contribution in [-0.2, 0) is 0 Å². The standard InChI is InChI=1S/C11H13BrN2O/c1-3-6-13-11(15)14-10-7-9(12)5-4-8(10)2/h3-5,7H,1,6H2,2H3,(H2,13,14,15). The SMILES string of the molecule is C=CCNC(=O)Nc1cc(Br)ccc1C. The van der Waals surface area contributed by atoms with Crippen LogP contribution >= 0.6 is 15.9 Å². The first-order chi connectivity index (χ1) is 7.13. The van der Waals surface area contributed by atoms with Crippen molar-refractivity contribution in [1.29, 1.82) is 0 Å². The normalized spacial score (nSPS) is 9.47. The molecular weight excluding hydrogens is 256 g/mol. The van der Waals surface area contributed by atoms with Crippen LogP contribution in [0.4, 0.5) is 10.5 Å². The molecule has 0 radical (unpaired) electrons. The topological polar surface area (TPSA) is 41.1 Å². The largest absolute Gasteiger partial charge is 0.334 e. The Morgan fingerprint density at radius 2 is 2.33 bits per heavy atom. The van der Waals surface area contributed by atoms with E-state index in [-0.39, 0.29) is 6.03 Å². The van der Waals surface area contributed by atoms with E-state index in [2.05, 4.69) is 33.1 Å². The Morgan fingerprint density at radius 1 is 1.60 bits per heavy atom. The van der Waals surface area contributed by atoms with Crippen molar-refractivity contribution in [2.45, 2.75) is 6.92 Å². The third-order valence-corrected chi connectivity index (χ3v) is 2.35. The average Bonchev–Trinajstić information content (AvgIpc) is 2.20. The summed E-state index contributed by atoms with van der Waals surface area (Å²) < 4.78 is 0.937. The number of hydrogen-bond donors (Lipinski definition) is 2. The van der Waals surface area contributed by atoms with Gasteiger partial charge in [0.05, 0.1) is 0 Å². The van der Waals surface area contributed by atoms with Gasteiger partial charge in [0, 0.05) is 16.7 Å². The van der Waals surface area contributed by atoms with Crippen LogP contribution in [0.1, 0.15) is 5.56 Å². The zero-order chi connectivity index (χ0) is 11.3. The van der Waals surface area contributed by atoms with Gasteiger partial charge in [-0.25, -0.2) is 4.79 Å². The molecule has 0 heterocycles. The molecule has 0 aliphatic carbocycles. The molecule has 3 nitrogen and oxygen atoms in total. The van der Waals surface area contributed by atoms with Crippen molar-refractivity contribution < 1.29 is 4.79 Å². The van der Waals surface area contributed by atoms with Gasteiger partial charge in [-0.1, -0.05) is 28.1 Å². The zero-order valence-electron chi connectivity index (χ0n) is 8.51. The van der Waals surface area contributed by atoms with Crippen molar-refractivity contribution in [1.82, 2.24) is 5.32 Å². The molecule has 2 N–H and O–H groups in total. The lowest BCUT2D eigenvalue weighted by molar-refractivity contribution is 0.253. The van der Waals surface area contributed by atoms with E-state index in [1.807, 2.05) is 25.1 Å². The van der Waals surface area contributed by atoms with E-state index in [4.69, 9.17) is 0 Å². The Labute approximate surface area is 97.7 Å². The summed E-state index contributed by atoms with van der Waals surface area (Å²) in [6, 6.07) is 5.51. The van der Waals surface area contributed by atoms with Gasteiger partial charge in [-0.3, -0.25) is 0 Å². The molecule has 0 aromatic heterocycles. The van der Waals surface area contributed by atoms with Crippen LogP contribution in [0.15, 0.2) is 35.3 Å². The van der Waals surface area contributed by atoms with Crippen molar-refractivity contribution in [2.75, 3.05) is 11.9 Å². The second-order valence-corrected chi connectivity index (χ2v) is 4.00. The highest BCUT2D eigenvalue weighted by Gasteiger charge is 2.03. The van der Waals surface area contributed by atoms with E-state index in [1.54, 1.807) is 6.08 Å². The van der Waals surface area contributed by atoms with Gasteiger partial charge in [0.15, 0.2) is 0 Å². The van der Waals surface area contributed by atoms with E-state index in [9.17, 15) is 4.79 Å². The summed E-state index contributed by atoms with van der Waals surface area (Å²) in [6.45, 7) is 5.92. The summed E-state index contributed by atoms with van der Waals surface area (Å²) >= 11 is 3.35. The quantitative estimate of drug-likeness (QED) is 0.813. The van der Waals surface area contributed by atoms with E-state index in [0.717, 1.165) is 15.7 Å². The number of benzene rings is 1. The molecule has 0 saturated carbocycles. The van der Waals surface area contributed by atoms with Crippen LogP contribution in [0.5, 0.6) is 0 Å². The first kappa shape index (κ1) is 11.8. The van der Waals surface area contributed by atoms with Crippen LogP contribution in [0.2, 0.25) is 0 Å². The smallest absolute Gasteiger partial charge is 0.319 e. The Hall–Kier alpha value is -1.29. The van der Waals surface area contributed by atoms with Gasteiger partial charge in [0.2, 0.25) is 0 Å². The lowest BCUT2D eigenvalue weighted by Gasteiger charge is -2.09. The van der Waals surface area contributed by atoms with Crippen molar-refractivity contribution in [3.05, 3.63) is 40.9 Å². The molecule has 1 aromatic rings. The van der Waals surface area contributed by atoms with E-state index in [0.29, 0.717) is 6.54 Å². The number of rotatable bonds is 3. The summed E-state index contributed by atoms with van der Waals surface area (Å²) in [5.41, 5.74) is 1.82. The molecule has 0 spiro atoms. The van der Waals surface area contributed by atoms with Crippen molar-refractivity contribution in [3.63, 3.8) is 0 Å². The molecule has 0 aliphatic heterocycles. The fourth-order valence-corrected chi connectivity index (χ4v) is 1.42. The summed E-state index contributed by atoms with van der Waals surface area (Å²) in [5, 5.41) is 5.40. The number of urea groups is 1. The molecule has 1 aromatic carbocycles. The minimum Gasteiger partial charge on any atom is -0.334 e. The molecule has 0 aliphatic rings. The van der Waals surface area contributed by atoms with Crippen molar-refractivity contribution in [3.8, 4) is 0 Å². The van der Waals surface area contributed by atoms with Gasteiger partial charge in [0.1, 0.15) is 0 Å². The fourth-order valence-electron chi connectivity index (χ4n) is 1.06. The Bertz CT molecular complexity index is 377. The molecule has 2 amide bonds. The molecule has 0 fully saturated rings. The average molecular weight is 269 g/mol. The van der Waals surface area contributed by atoms with Crippen LogP contribution in [0.25, 0.3) is 0 Å². The molecule has 0 unspecified atom stereocenters. The number of halogens is 1. The number of carbonyl (C=O) groups excluding carboxylic acids is 1. The van der Waals surface area contributed by atoms with E-state index < -0.39 is 0 Å². The predicted molar refractivity (Wildman–Crippen MR) is 66.1 cm³/mol. The molecule has 1 rings (SSSR count). The highest BCUT2D eigenvalue weighted by atomic mass is 79.9. The Balaban J connectivity index is 2.67. The number of aryl methyl sites for hydroxylation is 1. The molecule has 0 atom stereocenters. The third kappa shape index (κ3) is 3.75. The molecule has 0 bridgehead atoms. The summed E-state index contributed by atoms with van der Waals surface area (Å²) in [7, 11) is 0. The monoisotopic (exact) mass is 268 g/mol. The second kappa shape index (κ2) is 5.56. The number of amides is 2. The third-order valence-electron chi connectivity index (χ3n) is 1.85. The van der Waals surface area contributed by atoms with Crippen molar-refractivity contribution in [2.24, 2.45) is 0 Å². The first-order valence-electron chi connectivity index (χ1n) is 4.55. The minimum atomic E-state index is -0.226. The highest BCUT2D eigenvalue weighted by Crippen LogP contribution is 2.20. The summed E-state index contributed by atoms with van der Waals surface area (Å²) in [4.78, 5) is 11.3. The maximum atomic E-state index is 11.3. The highest BCUT2D eigenvalue weighted by molar-refractivity contribution is 9.10. The van der Waals surface area contributed by atoms with Gasteiger partial charge in [-0.15, -0.1) is 6.58 Å². The molecule has 4 heteroatoms. The van der Waals surface area contributed by atoms with Crippen LogP contribution in [0.3, 0.4) is 0 Å². The van der Waals surface area contributed by atoms with Crippen LogP contribution < -0.4 is 10.6 Å². The maximum Gasteiger partial charge on any atom is 0.319 e. The minimum absolute atomic E-state index is 0.226. The Kier molecular flexibility index (Phi) is 4.37. The van der Waals surface area contributed by atoms with E-state index >= 15 is 0 Å². The Morgan fingerprint density at radius 3 is 3.00 bits per heavy atom. The molecule has 80 valence electrons. The van der Waals surface area contributed by atoms with E-state index in [1.165, 1.54) is 0 Å². The van der Waals surface area contributed by atoms with Crippen LogP contribution in [0, 0.1) is 6.92 Å². The molecule has 0 saturated heterocycles. The maximum absolute atomic E-state index is 11.3. The number of anilines is 1. The first-order valence-corrected chi connectivity index (χ1v) is 5.34. The van der Waals surface area contributed by atoms with Gasteiger partial charge < -0.3 is 10.6 Å². The van der Waals surface area contributed by atoms with Crippen LogP contribution in [-0.4, -0.2) is 12.6 Å². The lowest BCUT2D eigenvalue weighted by atomic mass is 10.2. The second-order valence-electron chi connectivity index (χ2n) is 3.08. The predicted octanol–water partition coefficient (Wildman–Crippen LogP) is 3.07. The van der Waals surface area contributed by atoms with Gasteiger partial charge in [-0.05, 0) is 24.6 Å². The molecule has 15 heavy (non-hydrogen) atoms. The zero-order valence-corrected chi connectivity index (χ0v) is 10.1. The number of nitrogens with one attached hydrogen (secondary N) is 2. The van der Waals surface area contributed by atoms with Gasteiger partial charge in [-0.2, -0.15) is 0 Å². The summed E-state index contributed by atoms with van der Waals surface area (Å²) in [5.74, 6) is 0. The fraction of sp³-hybridized carbons (Fsp3) is 0.182. The lowest BCUT2D eigenvalue weighted by Crippen LogP contribution is -2.28.